The van der Waals surface area contributed by atoms with Crippen molar-refractivity contribution >= 4 is 0 Å². The molecule has 94 valence electrons. The molecule has 1 aliphatic rings. The molecule has 17 heavy (non-hydrogen) atoms. The fourth-order valence-corrected chi connectivity index (χ4v) is 1.76. The molecule has 0 spiro atoms. The van der Waals surface area contributed by atoms with Gasteiger partial charge in [-0.25, -0.2) is 0 Å². The Hall–Kier alpha value is -1.23. The average Bonchev–Trinajstić information content (AvgIpc) is 2.21. The first kappa shape index (κ1) is 12.2. The van der Waals surface area contributed by atoms with Crippen LogP contribution in [-0.2, 0) is 0 Å². The number of nitrogens with zero attached hydrogens (tertiary/aromatic N) is 1. The molecule has 1 aromatic carbocycles. The van der Waals surface area contributed by atoms with Crippen molar-refractivity contribution < 1.29 is 17.9 Å². The maximum atomic E-state index is 12.0. The van der Waals surface area contributed by atoms with Crippen LogP contribution in [0.2, 0.25) is 0 Å². The maximum absolute atomic E-state index is 12.0. The van der Waals surface area contributed by atoms with E-state index in [1.807, 2.05) is 30.3 Å². The number of likely N-dealkylation sites (tertiary alicyclic amines) is 1. The molecule has 1 aromatic rings. The molecule has 0 saturated carbocycles. The Balaban J connectivity index is 1.66. The maximum Gasteiger partial charge on any atom is 0.390 e. The Morgan fingerprint density at radius 1 is 1.18 bits per heavy atom. The van der Waals surface area contributed by atoms with Crippen LogP contribution in [0.3, 0.4) is 0 Å². The first-order valence-electron chi connectivity index (χ1n) is 5.54. The Kier molecular flexibility index (Phi) is 3.57. The van der Waals surface area contributed by atoms with Crippen molar-refractivity contribution in [2.45, 2.75) is 18.7 Å². The van der Waals surface area contributed by atoms with E-state index in [0.717, 1.165) is 5.75 Å². The standard InChI is InChI=1S/C12H14F3NO/c13-12(14,15)6-7-16-8-11(9-16)17-10-4-2-1-3-5-10/h1-5,11H,6-9H2. The Morgan fingerprint density at radius 2 is 1.82 bits per heavy atom. The van der Waals surface area contributed by atoms with Gasteiger partial charge in [0.25, 0.3) is 0 Å². The second kappa shape index (κ2) is 4.96. The molecule has 0 N–H and O–H groups in total. The summed E-state index contributed by atoms with van der Waals surface area (Å²) in [6, 6.07) is 9.32. The molecule has 0 aliphatic carbocycles. The van der Waals surface area contributed by atoms with E-state index in [1.54, 1.807) is 4.90 Å². The predicted molar refractivity (Wildman–Crippen MR) is 58.0 cm³/mol. The lowest BCUT2D eigenvalue weighted by atomic mass is 10.1. The van der Waals surface area contributed by atoms with Crippen LogP contribution >= 0.6 is 0 Å². The molecule has 0 bridgehead atoms. The number of halogens is 3. The summed E-state index contributed by atoms with van der Waals surface area (Å²) >= 11 is 0. The third-order valence-corrected chi connectivity index (χ3v) is 2.68. The lowest BCUT2D eigenvalue weighted by Gasteiger charge is -2.39. The van der Waals surface area contributed by atoms with E-state index in [-0.39, 0.29) is 12.6 Å². The van der Waals surface area contributed by atoms with Gasteiger partial charge in [-0.2, -0.15) is 13.2 Å². The van der Waals surface area contributed by atoms with Gasteiger partial charge in [-0.05, 0) is 12.1 Å². The largest absolute Gasteiger partial charge is 0.488 e. The van der Waals surface area contributed by atoms with Crippen molar-refractivity contribution in [2.75, 3.05) is 19.6 Å². The summed E-state index contributed by atoms with van der Waals surface area (Å²) in [5, 5.41) is 0. The van der Waals surface area contributed by atoms with Crippen LogP contribution in [0.15, 0.2) is 30.3 Å². The van der Waals surface area contributed by atoms with Crippen molar-refractivity contribution in [1.82, 2.24) is 4.90 Å². The van der Waals surface area contributed by atoms with E-state index in [4.69, 9.17) is 4.74 Å². The number of para-hydroxylation sites is 1. The number of ether oxygens (including phenoxy) is 1. The molecule has 2 nitrogen and oxygen atoms in total. The van der Waals surface area contributed by atoms with Crippen LogP contribution in [0.4, 0.5) is 13.2 Å². The van der Waals surface area contributed by atoms with Gasteiger partial charge in [0.2, 0.25) is 0 Å². The van der Waals surface area contributed by atoms with Crippen molar-refractivity contribution in [3.8, 4) is 5.75 Å². The molecule has 5 heteroatoms. The van der Waals surface area contributed by atoms with Gasteiger partial charge in [-0.1, -0.05) is 18.2 Å². The van der Waals surface area contributed by atoms with E-state index in [1.165, 1.54) is 0 Å². The summed E-state index contributed by atoms with van der Waals surface area (Å²) in [5.74, 6) is 0.771. The summed E-state index contributed by atoms with van der Waals surface area (Å²) < 4.78 is 41.5. The van der Waals surface area contributed by atoms with Gasteiger partial charge < -0.3 is 4.74 Å². The SMILES string of the molecule is FC(F)(F)CCN1CC(Oc2ccccc2)C1. The van der Waals surface area contributed by atoms with Crippen molar-refractivity contribution in [2.24, 2.45) is 0 Å². The Labute approximate surface area is 98.0 Å². The quantitative estimate of drug-likeness (QED) is 0.808. The predicted octanol–water partition coefficient (Wildman–Crippen LogP) is 2.70. The second-order valence-electron chi connectivity index (χ2n) is 4.18. The summed E-state index contributed by atoms with van der Waals surface area (Å²) in [4.78, 5) is 1.75. The average molecular weight is 245 g/mol. The van der Waals surface area contributed by atoms with Gasteiger partial charge in [-0.3, -0.25) is 4.90 Å². The Bertz CT molecular complexity index is 347. The van der Waals surface area contributed by atoms with Gasteiger partial charge in [-0.15, -0.1) is 0 Å². The summed E-state index contributed by atoms with van der Waals surface area (Å²) in [5.41, 5.74) is 0. The molecule has 1 heterocycles. The fourth-order valence-electron chi connectivity index (χ4n) is 1.76. The molecule has 1 fully saturated rings. The molecule has 0 atom stereocenters. The monoisotopic (exact) mass is 245 g/mol. The molecule has 0 unspecified atom stereocenters. The van der Waals surface area contributed by atoms with Gasteiger partial charge >= 0.3 is 6.18 Å². The highest BCUT2D eigenvalue weighted by atomic mass is 19.4. The summed E-state index contributed by atoms with van der Waals surface area (Å²) in [7, 11) is 0. The highest BCUT2D eigenvalue weighted by Crippen LogP contribution is 2.23. The van der Waals surface area contributed by atoms with Crippen molar-refractivity contribution in [3.05, 3.63) is 30.3 Å². The van der Waals surface area contributed by atoms with Gasteiger partial charge in [0.05, 0.1) is 6.42 Å². The zero-order valence-electron chi connectivity index (χ0n) is 9.28. The molecule has 1 saturated heterocycles. The van der Waals surface area contributed by atoms with Crippen LogP contribution in [0.1, 0.15) is 6.42 Å². The molecule has 0 aromatic heterocycles. The van der Waals surface area contributed by atoms with E-state index < -0.39 is 12.6 Å². The minimum absolute atomic E-state index is 0.0191. The lowest BCUT2D eigenvalue weighted by molar-refractivity contribution is -0.142. The molecule has 0 radical (unpaired) electrons. The van der Waals surface area contributed by atoms with Crippen LogP contribution in [0.5, 0.6) is 5.75 Å². The lowest BCUT2D eigenvalue weighted by Crippen LogP contribution is -2.54. The van der Waals surface area contributed by atoms with Crippen LogP contribution in [0, 0.1) is 0 Å². The third kappa shape index (κ3) is 3.93. The van der Waals surface area contributed by atoms with Crippen LogP contribution < -0.4 is 4.74 Å². The van der Waals surface area contributed by atoms with Crippen LogP contribution in [0.25, 0.3) is 0 Å². The third-order valence-electron chi connectivity index (χ3n) is 2.68. The van der Waals surface area contributed by atoms with Crippen molar-refractivity contribution in [3.63, 3.8) is 0 Å². The van der Waals surface area contributed by atoms with Crippen LogP contribution in [-0.4, -0.2) is 36.8 Å². The van der Waals surface area contributed by atoms with E-state index in [9.17, 15) is 13.2 Å². The van der Waals surface area contributed by atoms with Gasteiger partial charge in [0.15, 0.2) is 0 Å². The smallest absolute Gasteiger partial charge is 0.390 e. The fraction of sp³-hybridized carbons (Fsp3) is 0.500. The minimum atomic E-state index is -4.06. The first-order chi connectivity index (χ1) is 8.03. The first-order valence-corrected chi connectivity index (χ1v) is 5.54. The van der Waals surface area contributed by atoms with E-state index in [0.29, 0.717) is 13.1 Å². The van der Waals surface area contributed by atoms with Crippen molar-refractivity contribution in [1.29, 1.82) is 0 Å². The minimum Gasteiger partial charge on any atom is -0.488 e. The molecule has 1 aliphatic heterocycles. The summed E-state index contributed by atoms with van der Waals surface area (Å²) in [6.07, 6.45) is -4.79. The van der Waals surface area contributed by atoms with Gasteiger partial charge in [0.1, 0.15) is 11.9 Å². The molecule has 2 rings (SSSR count). The highest BCUT2D eigenvalue weighted by molar-refractivity contribution is 5.21. The normalized spacial score (nSPS) is 17.8. The number of rotatable bonds is 4. The second-order valence-corrected chi connectivity index (χ2v) is 4.18. The van der Waals surface area contributed by atoms with E-state index >= 15 is 0 Å². The zero-order chi connectivity index (χ0) is 12.3. The van der Waals surface area contributed by atoms with Gasteiger partial charge in [0, 0.05) is 19.6 Å². The molecular weight excluding hydrogens is 231 g/mol. The van der Waals surface area contributed by atoms with E-state index in [2.05, 4.69) is 0 Å². The molecule has 0 amide bonds. The topological polar surface area (TPSA) is 12.5 Å². The number of hydrogen-bond acceptors (Lipinski definition) is 2. The number of benzene rings is 1. The summed E-state index contributed by atoms with van der Waals surface area (Å²) in [6.45, 7) is 1.22. The number of alkyl halides is 3. The Morgan fingerprint density at radius 3 is 2.41 bits per heavy atom. The number of hydrogen-bond donors (Lipinski definition) is 0. The zero-order valence-corrected chi connectivity index (χ0v) is 9.28. The highest BCUT2D eigenvalue weighted by Gasteiger charge is 2.33. The molecular formula is C12H14F3NO.